The molecule has 1 aromatic rings. The van der Waals surface area contributed by atoms with Crippen LogP contribution in [0.25, 0.3) is 5.57 Å². The number of benzene rings is 1. The predicted molar refractivity (Wildman–Crippen MR) is 67.9 cm³/mol. The van der Waals surface area contributed by atoms with Gasteiger partial charge < -0.3 is 26.4 Å². The normalized spacial score (nSPS) is 9.76. The Hall–Kier alpha value is -2.01. The molecule has 0 amide bonds. The molecule has 0 aliphatic rings. The lowest BCUT2D eigenvalue weighted by Crippen LogP contribution is -2.19. The third kappa shape index (κ3) is 3.22. The van der Waals surface area contributed by atoms with Gasteiger partial charge in [-0.1, -0.05) is 12.1 Å². The van der Waals surface area contributed by atoms with Crippen LogP contribution >= 0.6 is 0 Å². The second kappa shape index (κ2) is 5.91. The zero-order chi connectivity index (χ0) is 12.8. The van der Waals surface area contributed by atoms with Crippen LogP contribution in [0.2, 0.25) is 0 Å². The van der Waals surface area contributed by atoms with Crippen molar-refractivity contribution in [3.8, 4) is 5.75 Å². The van der Waals surface area contributed by atoms with E-state index in [-0.39, 0.29) is 18.1 Å². The molecule has 0 unspecified atom stereocenters. The molecule has 0 saturated carbocycles. The van der Waals surface area contributed by atoms with E-state index in [0.717, 1.165) is 11.3 Å². The quantitative estimate of drug-likeness (QED) is 0.662. The van der Waals surface area contributed by atoms with E-state index in [1.165, 1.54) is 7.11 Å². The van der Waals surface area contributed by atoms with Crippen LogP contribution in [-0.4, -0.2) is 26.5 Å². The minimum Gasteiger partial charge on any atom is -0.497 e. The van der Waals surface area contributed by atoms with Gasteiger partial charge in [0.2, 0.25) is 0 Å². The highest BCUT2D eigenvalue weighted by Gasteiger charge is 2.11. The second-order valence-corrected chi connectivity index (χ2v) is 3.47. The fourth-order valence-corrected chi connectivity index (χ4v) is 1.49. The number of methoxy groups -OCH3 is 2. The third-order valence-electron chi connectivity index (χ3n) is 2.26. The molecule has 0 aliphatic heterocycles. The number of rotatable bonds is 5. The van der Waals surface area contributed by atoms with Crippen molar-refractivity contribution in [2.24, 2.45) is 11.5 Å². The maximum absolute atomic E-state index is 7.84. The molecule has 0 aromatic heterocycles. The monoisotopic (exact) mass is 235 g/mol. The Kier molecular flexibility index (Phi) is 4.54. The summed E-state index contributed by atoms with van der Waals surface area (Å²) >= 11 is 0. The van der Waals surface area contributed by atoms with Gasteiger partial charge in [0.25, 0.3) is 0 Å². The first-order chi connectivity index (χ1) is 8.10. The zero-order valence-electron chi connectivity index (χ0n) is 9.99. The molecule has 0 radical (unpaired) electrons. The minimum atomic E-state index is 0.109. The first kappa shape index (κ1) is 13.1. The molecule has 0 saturated heterocycles. The van der Waals surface area contributed by atoms with Crippen LogP contribution in [0.3, 0.4) is 0 Å². The Morgan fingerprint density at radius 1 is 1.18 bits per heavy atom. The fourth-order valence-electron chi connectivity index (χ4n) is 1.49. The Balaban J connectivity index is 3.07. The number of nitrogens with one attached hydrogen (secondary N) is 1. The fraction of sp³-hybridized carbons (Fsp3) is 0.250. The van der Waals surface area contributed by atoms with Crippen LogP contribution in [0.1, 0.15) is 5.56 Å². The molecule has 1 aromatic carbocycles. The van der Waals surface area contributed by atoms with Crippen LogP contribution in [0.15, 0.2) is 30.1 Å². The van der Waals surface area contributed by atoms with E-state index in [9.17, 15) is 0 Å². The Morgan fingerprint density at radius 3 is 2.18 bits per heavy atom. The molecule has 5 N–H and O–H groups in total. The SMILES string of the molecule is COCC(=N)C(=C(N)N)c1ccc(OC)cc1. The standard InChI is InChI=1S/C12H17N3O2/c1-16-7-10(13)11(12(14)15)8-3-5-9(17-2)6-4-8/h3-6,13H,7,14-15H2,1-2H3. The van der Waals surface area contributed by atoms with Gasteiger partial charge in [0.05, 0.1) is 19.4 Å². The molecular weight excluding hydrogens is 218 g/mol. The van der Waals surface area contributed by atoms with E-state index in [0.29, 0.717) is 5.57 Å². The smallest absolute Gasteiger partial charge is 0.118 e. The van der Waals surface area contributed by atoms with E-state index >= 15 is 0 Å². The van der Waals surface area contributed by atoms with Crippen molar-refractivity contribution in [1.82, 2.24) is 0 Å². The largest absolute Gasteiger partial charge is 0.497 e. The Bertz CT molecular complexity index is 420. The van der Waals surface area contributed by atoms with Gasteiger partial charge in [0, 0.05) is 12.7 Å². The predicted octanol–water partition coefficient (Wildman–Crippen LogP) is 0.947. The number of hydrogen-bond donors (Lipinski definition) is 3. The van der Waals surface area contributed by atoms with Crippen molar-refractivity contribution >= 4 is 11.3 Å². The highest BCUT2D eigenvalue weighted by atomic mass is 16.5. The molecule has 0 atom stereocenters. The molecule has 92 valence electrons. The van der Waals surface area contributed by atoms with Gasteiger partial charge in [-0.3, -0.25) is 0 Å². The summed E-state index contributed by atoms with van der Waals surface area (Å²) in [5, 5.41) is 7.84. The average molecular weight is 235 g/mol. The topological polar surface area (TPSA) is 94.3 Å². The summed E-state index contributed by atoms with van der Waals surface area (Å²) in [4.78, 5) is 0. The van der Waals surface area contributed by atoms with Gasteiger partial charge in [-0.2, -0.15) is 0 Å². The summed E-state index contributed by atoms with van der Waals surface area (Å²) in [6, 6.07) is 7.19. The van der Waals surface area contributed by atoms with Gasteiger partial charge >= 0.3 is 0 Å². The summed E-state index contributed by atoms with van der Waals surface area (Å²) in [6.45, 7) is 0.166. The van der Waals surface area contributed by atoms with Crippen molar-refractivity contribution in [3.05, 3.63) is 35.6 Å². The minimum absolute atomic E-state index is 0.109. The van der Waals surface area contributed by atoms with Gasteiger partial charge in [-0.15, -0.1) is 0 Å². The van der Waals surface area contributed by atoms with Crippen LogP contribution in [-0.2, 0) is 4.74 Å². The highest BCUT2D eigenvalue weighted by Crippen LogP contribution is 2.20. The average Bonchev–Trinajstić information content (AvgIpc) is 2.30. The van der Waals surface area contributed by atoms with Gasteiger partial charge in [-0.05, 0) is 17.7 Å². The molecule has 0 bridgehead atoms. The second-order valence-electron chi connectivity index (χ2n) is 3.47. The Morgan fingerprint density at radius 2 is 1.76 bits per heavy atom. The summed E-state index contributed by atoms with van der Waals surface area (Å²) in [5.41, 5.74) is 12.7. The van der Waals surface area contributed by atoms with E-state index < -0.39 is 0 Å². The van der Waals surface area contributed by atoms with Crippen molar-refractivity contribution in [3.63, 3.8) is 0 Å². The highest BCUT2D eigenvalue weighted by molar-refractivity contribution is 6.23. The lowest BCUT2D eigenvalue weighted by Gasteiger charge is -2.11. The lowest BCUT2D eigenvalue weighted by molar-refractivity contribution is 0.245. The first-order valence-electron chi connectivity index (χ1n) is 5.06. The van der Waals surface area contributed by atoms with Crippen molar-refractivity contribution in [2.75, 3.05) is 20.8 Å². The van der Waals surface area contributed by atoms with E-state index in [1.54, 1.807) is 31.4 Å². The van der Waals surface area contributed by atoms with Gasteiger partial charge in [0.15, 0.2) is 0 Å². The summed E-state index contributed by atoms with van der Waals surface area (Å²) < 4.78 is 9.97. The lowest BCUT2D eigenvalue weighted by atomic mass is 10.0. The van der Waals surface area contributed by atoms with Gasteiger partial charge in [-0.25, -0.2) is 0 Å². The van der Waals surface area contributed by atoms with Crippen LogP contribution in [0.5, 0.6) is 5.75 Å². The van der Waals surface area contributed by atoms with Crippen LogP contribution < -0.4 is 16.2 Å². The number of ether oxygens (including phenoxy) is 2. The maximum atomic E-state index is 7.84. The third-order valence-corrected chi connectivity index (χ3v) is 2.26. The molecule has 5 nitrogen and oxygen atoms in total. The van der Waals surface area contributed by atoms with Crippen molar-refractivity contribution in [2.45, 2.75) is 0 Å². The molecule has 5 heteroatoms. The molecular formula is C12H17N3O2. The van der Waals surface area contributed by atoms with Gasteiger partial charge in [0.1, 0.15) is 11.6 Å². The molecule has 0 aliphatic carbocycles. The Labute approximate surface area is 101 Å². The number of hydrogen-bond acceptors (Lipinski definition) is 5. The van der Waals surface area contributed by atoms with E-state index in [4.69, 9.17) is 26.4 Å². The van der Waals surface area contributed by atoms with Crippen molar-refractivity contribution in [1.29, 1.82) is 5.41 Å². The zero-order valence-corrected chi connectivity index (χ0v) is 9.99. The molecule has 0 spiro atoms. The molecule has 0 fully saturated rings. The number of nitrogens with two attached hydrogens (primary N) is 2. The van der Waals surface area contributed by atoms with Crippen molar-refractivity contribution < 1.29 is 9.47 Å². The first-order valence-corrected chi connectivity index (χ1v) is 5.06. The van der Waals surface area contributed by atoms with Crippen LogP contribution in [0.4, 0.5) is 0 Å². The maximum Gasteiger partial charge on any atom is 0.118 e. The van der Waals surface area contributed by atoms with E-state index in [2.05, 4.69) is 0 Å². The summed E-state index contributed by atoms with van der Waals surface area (Å²) in [6.07, 6.45) is 0. The molecule has 0 heterocycles. The van der Waals surface area contributed by atoms with E-state index in [1.807, 2.05) is 0 Å². The summed E-state index contributed by atoms with van der Waals surface area (Å²) in [5.74, 6) is 0.846. The van der Waals surface area contributed by atoms with Crippen LogP contribution in [0, 0.1) is 5.41 Å². The molecule has 1 rings (SSSR count). The molecule has 17 heavy (non-hydrogen) atoms. The summed E-state index contributed by atoms with van der Waals surface area (Å²) in [7, 11) is 3.11.